The second kappa shape index (κ2) is 7.66. The van der Waals surface area contributed by atoms with Crippen LogP contribution in [0.25, 0.3) is 22.6 Å². The van der Waals surface area contributed by atoms with Gasteiger partial charge >= 0.3 is 5.97 Å². The lowest BCUT2D eigenvalue weighted by Crippen LogP contribution is -2.30. The van der Waals surface area contributed by atoms with Crippen LogP contribution < -0.4 is 0 Å². The first-order valence-electron chi connectivity index (χ1n) is 8.04. The van der Waals surface area contributed by atoms with E-state index in [2.05, 4.69) is 4.98 Å². The molecule has 1 aromatic heterocycles. The van der Waals surface area contributed by atoms with Gasteiger partial charge in [0, 0.05) is 21.7 Å². The van der Waals surface area contributed by atoms with E-state index in [1.165, 1.54) is 0 Å². The summed E-state index contributed by atoms with van der Waals surface area (Å²) in [7, 11) is 3.87. The van der Waals surface area contributed by atoms with Crippen molar-refractivity contribution in [1.29, 1.82) is 0 Å². The molecule has 0 aliphatic heterocycles. The third-order valence-corrected chi connectivity index (χ3v) is 4.51. The number of hydrogen-bond acceptors (Lipinski definition) is 5. The maximum absolute atomic E-state index is 12.2. The highest BCUT2D eigenvalue weighted by molar-refractivity contribution is 6.35. The number of oxazole rings is 1. The minimum absolute atomic E-state index is 0.132. The Morgan fingerprint density at radius 1 is 1.19 bits per heavy atom. The van der Waals surface area contributed by atoms with Gasteiger partial charge in [-0.25, -0.2) is 9.78 Å². The summed E-state index contributed by atoms with van der Waals surface area (Å²) in [5, 5.41) is 0.989. The number of likely N-dealkylation sites (N-methyl/N-ethyl adjacent to an activating group) is 1. The predicted molar refractivity (Wildman–Crippen MR) is 103 cm³/mol. The van der Waals surface area contributed by atoms with Gasteiger partial charge in [0.25, 0.3) is 0 Å². The first kappa shape index (κ1) is 18.7. The van der Waals surface area contributed by atoms with Gasteiger partial charge in [0.15, 0.2) is 5.58 Å². The summed E-state index contributed by atoms with van der Waals surface area (Å²) in [5.74, 6) is -0.0134. The van der Waals surface area contributed by atoms with Crippen LogP contribution in [0, 0.1) is 0 Å². The summed E-state index contributed by atoms with van der Waals surface area (Å²) >= 11 is 12.1. The number of nitrogens with zero attached hydrogens (tertiary/aromatic N) is 2. The molecule has 0 saturated carbocycles. The zero-order valence-electron chi connectivity index (χ0n) is 14.6. The smallest absolute Gasteiger partial charge is 0.338 e. The van der Waals surface area contributed by atoms with E-state index in [1.54, 1.807) is 36.4 Å². The van der Waals surface area contributed by atoms with Crippen molar-refractivity contribution in [2.24, 2.45) is 0 Å². The summed E-state index contributed by atoms with van der Waals surface area (Å²) < 4.78 is 11.1. The van der Waals surface area contributed by atoms with Gasteiger partial charge in [0.1, 0.15) is 12.1 Å². The van der Waals surface area contributed by atoms with Crippen LogP contribution in [0.1, 0.15) is 17.3 Å². The standard InChI is InChI=1S/C19H18Cl2N2O3/c1-11(23(2)3)10-25-19(24)12-4-5-16-17(8-12)26-18(22-16)13-6-14(20)9-15(21)7-13/h4-9,11H,10H2,1-3H3/t11-/m0/s1. The molecule has 7 heteroatoms. The zero-order chi connectivity index (χ0) is 18.8. The summed E-state index contributed by atoms with van der Waals surface area (Å²) in [5.41, 5.74) is 2.21. The van der Waals surface area contributed by atoms with E-state index in [0.717, 1.165) is 0 Å². The molecule has 26 heavy (non-hydrogen) atoms. The van der Waals surface area contributed by atoms with Gasteiger partial charge < -0.3 is 14.1 Å². The molecule has 0 spiro atoms. The lowest BCUT2D eigenvalue weighted by Gasteiger charge is -2.19. The molecule has 0 amide bonds. The Kier molecular flexibility index (Phi) is 5.51. The number of rotatable bonds is 5. The molecule has 0 aliphatic rings. The lowest BCUT2D eigenvalue weighted by molar-refractivity contribution is 0.0416. The highest BCUT2D eigenvalue weighted by Crippen LogP contribution is 2.29. The minimum atomic E-state index is -0.399. The van der Waals surface area contributed by atoms with Crippen molar-refractivity contribution in [2.45, 2.75) is 13.0 Å². The Balaban J connectivity index is 1.84. The van der Waals surface area contributed by atoms with E-state index in [0.29, 0.717) is 44.8 Å². The van der Waals surface area contributed by atoms with Gasteiger partial charge in [0.05, 0.1) is 5.56 Å². The van der Waals surface area contributed by atoms with Gasteiger partial charge in [-0.15, -0.1) is 0 Å². The fourth-order valence-electron chi connectivity index (χ4n) is 2.28. The van der Waals surface area contributed by atoms with E-state index in [1.807, 2.05) is 25.9 Å². The molecule has 0 saturated heterocycles. The van der Waals surface area contributed by atoms with Crippen molar-refractivity contribution in [2.75, 3.05) is 20.7 Å². The second-order valence-corrected chi connectivity index (χ2v) is 7.14. The van der Waals surface area contributed by atoms with Crippen LogP contribution in [0.3, 0.4) is 0 Å². The molecule has 0 unspecified atom stereocenters. The number of ether oxygens (including phenoxy) is 1. The van der Waals surface area contributed by atoms with Crippen LogP contribution >= 0.6 is 23.2 Å². The molecule has 1 atom stereocenters. The Hall–Kier alpha value is -2.08. The average Bonchev–Trinajstić information content (AvgIpc) is 3.01. The quantitative estimate of drug-likeness (QED) is 0.577. The molecular formula is C19H18Cl2N2O3. The minimum Gasteiger partial charge on any atom is -0.460 e. The molecule has 0 radical (unpaired) electrons. The van der Waals surface area contributed by atoms with Gasteiger partial charge in [-0.3, -0.25) is 0 Å². The Bertz CT molecular complexity index is 933. The summed E-state index contributed by atoms with van der Waals surface area (Å²) in [6.45, 7) is 2.29. The number of benzene rings is 2. The SMILES string of the molecule is C[C@@H](COC(=O)c1ccc2nc(-c3cc(Cl)cc(Cl)c3)oc2c1)N(C)C. The van der Waals surface area contributed by atoms with E-state index in [-0.39, 0.29) is 6.04 Å². The van der Waals surface area contributed by atoms with Crippen molar-refractivity contribution in [3.63, 3.8) is 0 Å². The fraction of sp³-hybridized carbons (Fsp3) is 0.263. The van der Waals surface area contributed by atoms with Crippen molar-refractivity contribution in [3.05, 3.63) is 52.0 Å². The molecule has 0 bridgehead atoms. The van der Waals surface area contributed by atoms with Crippen molar-refractivity contribution in [3.8, 4) is 11.5 Å². The van der Waals surface area contributed by atoms with Crippen LogP contribution in [0.2, 0.25) is 10.0 Å². The van der Waals surface area contributed by atoms with Crippen molar-refractivity contribution in [1.82, 2.24) is 9.88 Å². The Morgan fingerprint density at radius 2 is 1.88 bits per heavy atom. The van der Waals surface area contributed by atoms with E-state index in [9.17, 15) is 4.79 Å². The predicted octanol–water partition coefficient (Wildman–Crippen LogP) is 4.91. The topological polar surface area (TPSA) is 55.6 Å². The number of halogens is 2. The van der Waals surface area contributed by atoms with Gasteiger partial charge in [-0.1, -0.05) is 23.2 Å². The molecule has 2 aromatic carbocycles. The average molecular weight is 393 g/mol. The Labute approximate surface area is 161 Å². The molecule has 136 valence electrons. The van der Waals surface area contributed by atoms with E-state index in [4.69, 9.17) is 32.4 Å². The number of carbonyl (C=O) groups is 1. The summed E-state index contributed by atoms with van der Waals surface area (Å²) in [6, 6.07) is 10.2. The number of hydrogen-bond donors (Lipinski definition) is 0. The number of carbonyl (C=O) groups excluding carboxylic acids is 1. The van der Waals surface area contributed by atoms with Gasteiger partial charge in [0.2, 0.25) is 5.89 Å². The highest BCUT2D eigenvalue weighted by Gasteiger charge is 2.15. The monoisotopic (exact) mass is 392 g/mol. The lowest BCUT2D eigenvalue weighted by atomic mass is 10.2. The number of esters is 1. The highest BCUT2D eigenvalue weighted by atomic mass is 35.5. The third-order valence-electron chi connectivity index (χ3n) is 4.07. The Morgan fingerprint density at radius 3 is 2.54 bits per heavy atom. The van der Waals surface area contributed by atoms with E-state index >= 15 is 0 Å². The van der Waals surface area contributed by atoms with Crippen molar-refractivity contribution >= 4 is 40.3 Å². The molecule has 3 aromatic rings. The molecule has 3 rings (SSSR count). The molecular weight excluding hydrogens is 375 g/mol. The molecule has 0 aliphatic carbocycles. The first-order valence-corrected chi connectivity index (χ1v) is 8.79. The van der Waals surface area contributed by atoms with E-state index < -0.39 is 5.97 Å². The van der Waals surface area contributed by atoms with Crippen LogP contribution in [0.4, 0.5) is 0 Å². The maximum Gasteiger partial charge on any atom is 0.338 e. The first-order chi connectivity index (χ1) is 12.3. The summed E-state index contributed by atoms with van der Waals surface area (Å²) in [4.78, 5) is 18.6. The summed E-state index contributed by atoms with van der Waals surface area (Å²) in [6.07, 6.45) is 0. The second-order valence-electron chi connectivity index (χ2n) is 6.27. The largest absolute Gasteiger partial charge is 0.460 e. The maximum atomic E-state index is 12.2. The van der Waals surface area contributed by atoms with Gasteiger partial charge in [-0.2, -0.15) is 0 Å². The molecule has 0 N–H and O–H groups in total. The van der Waals surface area contributed by atoms with Crippen molar-refractivity contribution < 1.29 is 13.9 Å². The fourth-order valence-corrected chi connectivity index (χ4v) is 2.81. The van der Waals surface area contributed by atoms with Crippen LogP contribution in [0.5, 0.6) is 0 Å². The zero-order valence-corrected chi connectivity index (χ0v) is 16.1. The van der Waals surface area contributed by atoms with Crippen LogP contribution in [-0.4, -0.2) is 42.6 Å². The molecule has 5 nitrogen and oxygen atoms in total. The third kappa shape index (κ3) is 4.18. The molecule has 0 fully saturated rings. The van der Waals surface area contributed by atoms with Gasteiger partial charge in [-0.05, 0) is 57.4 Å². The number of fused-ring (bicyclic) bond motifs is 1. The number of aromatic nitrogens is 1. The van der Waals surface area contributed by atoms with Crippen LogP contribution in [-0.2, 0) is 4.74 Å². The normalized spacial score (nSPS) is 12.5. The van der Waals surface area contributed by atoms with Crippen LogP contribution in [0.15, 0.2) is 40.8 Å². The molecule has 1 heterocycles.